The van der Waals surface area contributed by atoms with E-state index in [0.29, 0.717) is 24.2 Å². The molecule has 1 atom stereocenters. The monoisotopic (exact) mass is 390 g/mol. The van der Waals surface area contributed by atoms with Gasteiger partial charge in [-0.15, -0.1) is 0 Å². The second-order valence-corrected chi connectivity index (χ2v) is 7.64. The number of carboxylic acids is 1. The van der Waals surface area contributed by atoms with Crippen molar-refractivity contribution >= 4 is 22.8 Å². The molecule has 1 aliphatic rings. The molecule has 0 saturated carbocycles. The van der Waals surface area contributed by atoms with Crippen molar-refractivity contribution in [2.45, 2.75) is 13.3 Å². The maximum absolute atomic E-state index is 13.3. The first kappa shape index (κ1) is 18.9. The number of ether oxygens (including phenoxy) is 1. The Morgan fingerprint density at radius 2 is 1.86 bits per heavy atom. The molecule has 1 unspecified atom stereocenters. The Kier molecular flexibility index (Phi) is 4.70. The van der Waals surface area contributed by atoms with Crippen LogP contribution in [0.15, 0.2) is 54.6 Å². The number of carboxylic acid groups (broad SMARTS) is 1. The summed E-state index contributed by atoms with van der Waals surface area (Å²) in [4.78, 5) is 31.3. The standard InChI is InChI=1S/C23H22N2O4/c1-23(22(27)28)11-12-25(14-23)21(26)18-13-20(15-7-9-16(29-2)10-8-15)24-19-6-4-3-5-17(18)19/h3-10,13H,11-12,14H2,1-2H3,(H,27,28). The SMILES string of the molecule is COc1ccc(-c2cc(C(=O)N3CCC(C)(C(=O)O)C3)c3ccccc3n2)cc1. The molecule has 1 saturated heterocycles. The topological polar surface area (TPSA) is 79.7 Å². The van der Waals surface area contributed by atoms with E-state index in [4.69, 9.17) is 9.72 Å². The van der Waals surface area contributed by atoms with Gasteiger partial charge in [0.2, 0.25) is 0 Å². The summed E-state index contributed by atoms with van der Waals surface area (Å²) >= 11 is 0. The molecule has 4 rings (SSSR count). The summed E-state index contributed by atoms with van der Waals surface area (Å²) in [6.45, 7) is 2.32. The highest BCUT2D eigenvalue weighted by Gasteiger charge is 2.42. The van der Waals surface area contributed by atoms with Crippen LogP contribution in [0.1, 0.15) is 23.7 Å². The van der Waals surface area contributed by atoms with Gasteiger partial charge in [-0.25, -0.2) is 4.98 Å². The molecular formula is C23H22N2O4. The van der Waals surface area contributed by atoms with Crippen molar-refractivity contribution in [1.29, 1.82) is 0 Å². The van der Waals surface area contributed by atoms with Crippen molar-refractivity contribution in [3.63, 3.8) is 0 Å². The van der Waals surface area contributed by atoms with Crippen molar-refractivity contribution in [2.24, 2.45) is 5.41 Å². The molecule has 1 N–H and O–H groups in total. The molecule has 148 valence electrons. The molecule has 3 aromatic rings. The Morgan fingerprint density at radius 1 is 1.14 bits per heavy atom. The molecule has 6 heteroatoms. The van der Waals surface area contributed by atoms with E-state index in [2.05, 4.69) is 0 Å². The fourth-order valence-electron chi connectivity index (χ4n) is 3.74. The molecular weight excluding hydrogens is 368 g/mol. The molecule has 1 amide bonds. The van der Waals surface area contributed by atoms with Gasteiger partial charge in [-0.3, -0.25) is 9.59 Å². The third kappa shape index (κ3) is 3.42. The first-order valence-electron chi connectivity index (χ1n) is 9.48. The van der Waals surface area contributed by atoms with E-state index in [1.54, 1.807) is 25.0 Å². The Morgan fingerprint density at radius 3 is 2.52 bits per heavy atom. The number of carbonyl (C=O) groups is 2. The quantitative estimate of drug-likeness (QED) is 0.732. The number of nitrogens with zero attached hydrogens (tertiary/aromatic N) is 2. The maximum Gasteiger partial charge on any atom is 0.311 e. The summed E-state index contributed by atoms with van der Waals surface area (Å²) in [5.41, 5.74) is 1.93. The summed E-state index contributed by atoms with van der Waals surface area (Å²) < 4.78 is 5.21. The van der Waals surface area contributed by atoms with Gasteiger partial charge in [0.15, 0.2) is 0 Å². The highest BCUT2D eigenvalue weighted by atomic mass is 16.5. The average Bonchev–Trinajstić information content (AvgIpc) is 3.16. The minimum Gasteiger partial charge on any atom is -0.497 e. The van der Waals surface area contributed by atoms with Crippen molar-refractivity contribution in [2.75, 3.05) is 20.2 Å². The zero-order chi connectivity index (χ0) is 20.6. The summed E-state index contributed by atoms with van der Waals surface area (Å²) in [7, 11) is 1.61. The van der Waals surface area contributed by atoms with Crippen molar-refractivity contribution in [1.82, 2.24) is 9.88 Å². The van der Waals surface area contributed by atoms with Gasteiger partial charge in [-0.05, 0) is 49.7 Å². The number of carbonyl (C=O) groups excluding carboxylic acids is 1. The van der Waals surface area contributed by atoms with Crippen LogP contribution in [-0.4, -0.2) is 47.1 Å². The number of rotatable bonds is 4. The van der Waals surface area contributed by atoms with Crippen LogP contribution in [0.2, 0.25) is 0 Å². The van der Waals surface area contributed by atoms with Gasteiger partial charge >= 0.3 is 5.97 Å². The number of para-hydroxylation sites is 1. The third-order valence-corrected chi connectivity index (χ3v) is 5.61. The molecule has 0 aliphatic carbocycles. The highest BCUT2D eigenvalue weighted by molar-refractivity contribution is 6.07. The molecule has 0 spiro atoms. The molecule has 0 bridgehead atoms. The summed E-state index contributed by atoms with van der Waals surface area (Å²) in [6.07, 6.45) is 0.447. The number of pyridine rings is 1. The summed E-state index contributed by atoms with van der Waals surface area (Å²) in [5, 5.41) is 10.3. The first-order valence-corrected chi connectivity index (χ1v) is 9.48. The Balaban J connectivity index is 1.77. The fourth-order valence-corrected chi connectivity index (χ4v) is 3.74. The van der Waals surface area contributed by atoms with Crippen molar-refractivity contribution in [3.8, 4) is 17.0 Å². The van der Waals surface area contributed by atoms with Crippen LogP contribution in [0.3, 0.4) is 0 Å². The van der Waals surface area contributed by atoms with Crippen molar-refractivity contribution in [3.05, 3.63) is 60.2 Å². The number of aliphatic carboxylic acids is 1. The second-order valence-electron chi connectivity index (χ2n) is 7.64. The second kappa shape index (κ2) is 7.20. The van der Waals surface area contributed by atoms with Crippen LogP contribution in [0.5, 0.6) is 5.75 Å². The van der Waals surface area contributed by atoms with E-state index < -0.39 is 11.4 Å². The molecule has 2 aromatic carbocycles. The molecule has 0 radical (unpaired) electrons. The number of likely N-dealkylation sites (tertiary alicyclic amines) is 1. The Hall–Kier alpha value is -3.41. The number of hydrogen-bond donors (Lipinski definition) is 1. The predicted molar refractivity (Wildman–Crippen MR) is 110 cm³/mol. The Labute approximate surface area is 168 Å². The van der Waals surface area contributed by atoms with Gasteiger partial charge in [0.25, 0.3) is 5.91 Å². The van der Waals surface area contributed by atoms with Gasteiger partial charge in [-0.2, -0.15) is 0 Å². The third-order valence-electron chi connectivity index (χ3n) is 5.61. The van der Waals surface area contributed by atoms with Gasteiger partial charge in [0, 0.05) is 24.0 Å². The Bertz CT molecular complexity index is 1090. The minimum atomic E-state index is -0.905. The normalized spacial score (nSPS) is 18.8. The lowest BCUT2D eigenvalue weighted by atomic mass is 9.90. The number of amides is 1. The van der Waals surface area contributed by atoms with E-state index in [9.17, 15) is 14.7 Å². The van der Waals surface area contributed by atoms with Gasteiger partial charge in [-0.1, -0.05) is 18.2 Å². The largest absolute Gasteiger partial charge is 0.497 e. The minimum absolute atomic E-state index is 0.164. The summed E-state index contributed by atoms with van der Waals surface area (Å²) in [5.74, 6) is -0.287. The van der Waals surface area contributed by atoms with Gasteiger partial charge in [0.1, 0.15) is 5.75 Å². The zero-order valence-electron chi connectivity index (χ0n) is 16.4. The van der Waals surface area contributed by atoms with Crippen LogP contribution >= 0.6 is 0 Å². The van der Waals surface area contributed by atoms with Crippen molar-refractivity contribution < 1.29 is 19.4 Å². The maximum atomic E-state index is 13.3. The number of aromatic nitrogens is 1. The molecule has 2 heterocycles. The fraction of sp³-hybridized carbons (Fsp3) is 0.261. The highest BCUT2D eigenvalue weighted by Crippen LogP contribution is 2.33. The van der Waals surface area contributed by atoms with Gasteiger partial charge < -0.3 is 14.7 Å². The van der Waals surface area contributed by atoms with Gasteiger partial charge in [0.05, 0.1) is 29.3 Å². The zero-order valence-corrected chi connectivity index (χ0v) is 16.4. The van der Waals surface area contributed by atoms with E-state index in [1.807, 2.05) is 48.5 Å². The van der Waals surface area contributed by atoms with Crippen LogP contribution in [0, 0.1) is 5.41 Å². The van der Waals surface area contributed by atoms with Crippen LogP contribution in [-0.2, 0) is 4.79 Å². The van der Waals surface area contributed by atoms with Crippen LogP contribution in [0.25, 0.3) is 22.2 Å². The predicted octanol–water partition coefficient (Wildman–Crippen LogP) is 3.85. The smallest absolute Gasteiger partial charge is 0.311 e. The van der Waals surface area contributed by atoms with Crippen LogP contribution in [0.4, 0.5) is 0 Å². The number of hydrogen-bond acceptors (Lipinski definition) is 4. The average molecular weight is 390 g/mol. The molecule has 29 heavy (non-hydrogen) atoms. The lowest BCUT2D eigenvalue weighted by molar-refractivity contribution is -0.147. The molecule has 1 aliphatic heterocycles. The first-order chi connectivity index (χ1) is 13.9. The van der Waals surface area contributed by atoms with E-state index in [1.165, 1.54) is 0 Å². The van der Waals surface area contributed by atoms with E-state index in [0.717, 1.165) is 22.2 Å². The lowest BCUT2D eigenvalue weighted by Gasteiger charge is -2.21. The van der Waals surface area contributed by atoms with E-state index >= 15 is 0 Å². The number of benzene rings is 2. The lowest BCUT2D eigenvalue weighted by Crippen LogP contribution is -2.35. The molecule has 6 nitrogen and oxygen atoms in total. The van der Waals surface area contributed by atoms with E-state index in [-0.39, 0.29) is 12.5 Å². The number of fused-ring (bicyclic) bond motifs is 1. The molecule has 1 aromatic heterocycles. The summed E-state index contributed by atoms with van der Waals surface area (Å²) in [6, 6.07) is 16.8. The van der Waals surface area contributed by atoms with Crippen LogP contribution < -0.4 is 4.74 Å². The number of methoxy groups -OCH3 is 1. The molecule has 1 fully saturated rings.